The molecule has 1 N–H and O–H groups in total. The smallest absolute Gasteiger partial charge is 0.310 e. The summed E-state index contributed by atoms with van der Waals surface area (Å²) in [5.41, 5.74) is 0. The third kappa shape index (κ3) is 3.81. The minimum Gasteiger partial charge on any atom is -0.466 e. The van der Waals surface area contributed by atoms with Gasteiger partial charge in [-0.05, 0) is 26.3 Å². The predicted molar refractivity (Wildman–Crippen MR) is 59.9 cm³/mol. The van der Waals surface area contributed by atoms with E-state index in [4.69, 9.17) is 4.74 Å². The second-order valence-electron chi connectivity index (χ2n) is 4.00. The molecule has 1 rings (SSSR count). The van der Waals surface area contributed by atoms with Gasteiger partial charge in [-0.2, -0.15) is 0 Å². The fraction of sp³-hybridized carbons (Fsp3) is 0.818. The van der Waals surface area contributed by atoms with Crippen molar-refractivity contribution in [2.75, 3.05) is 33.3 Å². The van der Waals surface area contributed by atoms with E-state index >= 15 is 0 Å². The van der Waals surface area contributed by atoms with Gasteiger partial charge in [0.05, 0.1) is 19.1 Å². The first-order valence-corrected chi connectivity index (χ1v) is 5.77. The van der Waals surface area contributed by atoms with Gasteiger partial charge in [0.2, 0.25) is 5.91 Å². The lowest BCUT2D eigenvalue weighted by atomic mass is 9.98. The maximum atomic E-state index is 11.5. The Bertz CT molecular complexity index is 256. The van der Waals surface area contributed by atoms with Gasteiger partial charge in [0.15, 0.2) is 0 Å². The van der Waals surface area contributed by atoms with Crippen LogP contribution in [-0.4, -0.2) is 50.1 Å². The van der Waals surface area contributed by atoms with Crippen LogP contribution in [0.3, 0.4) is 0 Å². The van der Waals surface area contributed by atoms with Gasteiger partial charge in [-0.1, -0.05) is 0 Å². The maximum Gasteiger partial charge on any atom is 0.310 e. The number of esters is 1. The van der Waals surface area contributed by atoms with Gasteiger partial charge in [-0.15, -0.1) is 0 Å². The van der Waals surface area contributed by atoms with E-state index in [-0.39, 0.29) is 17.8 Å². The number of nitrogens with zero attached hydrogens (tertiary/aromatic N) is 1. The highest BCUT2D eigenvalue weighted by atomic mass is 16.5. The normalized spacial score (nSPS) is 21.5. The highest BCUT2D eigenvalue weighted by Gasteiger charge is 2.27. The van der Waals surface area contributed by atoms with Crippen LogP contribution in [0.2, 0.25) is 0 Å². The van der Waals surface area contributed by atoms with Crippen molar-refractivity contribution in [3.05, 3.63) is 0 Å². The van der Waals surface area contributed by atoms with Crippen LogP contribution < -0.4 is 5.32 Å². The zero-order chi connectivity index (χ0) is 12.0. The van der Waals surface area contributed by atoms with E-state index in [0.717, 1.165) is 19.4 Å². The Morgan fingerprint density at radius 1 is 1.50 bits per heavy atom. The molecule has 1 atom stereocenters. The van der Waals surface area contributed by atoms with E-state index in [1.54, 1.807) is 7.05 Å². The molecular weight excluding hydrogens is 208 g/mol. The SMILES string of the molecule is CCOC(=O)[C@@H]1CCCN(CC(=O)NC)C1. The van der Waals surface area contributed by atoms with Crippen molar-refractivity contribution >= 4 is 11.9 Å². The van der Waals surface area contributed by atoms with Crippen LogP contribution in [0.1, 0.15) is 19.8 Å². The monoisotopic (exact) mass is 228 g/mol. The molecule has 1 aliphatic heterocycles. The minimum atomic E-state index is -0.135. The van der Waals surface area contributed by atoms with E-state index in [0.29, 0.717) is 19.7 Å². The summed E-state index contributed by atoms with van der Waals surface area (Å²) in [4.78, 5) is 24.8. The number of ether oxygens (including phenoxy) is 1. The number of piperidine rings is 1. The van der Waals surface area contributed by atoms with Gasteiger partial charge in [0.1, 0.15) is 0 Å². The zero-order valence-electron chi connectivity index (χ0n) is 9.99. The quantitative estimate of drug-likeness (QED) is 0.688. The molecule has 92 valence electrons. The molecule has 16 heavy (non-hydrogen) atoms. The Morgan fingerprint density at radius 3 is 2.88 bits per heavy atom. The summed E-state index contributed by atoms with van der Waals surface area (Å²) in [6.45, 7) is 4.11. The molecule has 0 aliphatic carbocycles. The number of carbonyl (C=O) groups excluding carboxylic acids is 2. The number of rotatable bonds is 4. The summed E-state index contributed by atoms with van der Waals surface area (Å²) < 4.78 is 4.99. The number of hydrogen-bond acceptors (Lipinski definition) is 4. The highest BCUT2D eigenvalue weighted by Crippen LogP contribution is 2.17. The molecule has 0 aromatic heterocycles. The molecule has 1 aliphatic rings. The number of hydrogen-bond donors (Lipinski definition) is 1. The van der Waals surface area contributed by atoms with Crippen molar-refractivity contribution in [1.29, 1.82) is 0 Å². The molecular formula is C11H20N2O3. The van der Waals surface area contributed by atoms with Gasteiger partial charge in [-0.25, -0.2) is 0 Å². The molecule has 0 spiro atoms. The van der Waals surface area contributed by atoms with Crippen molar-refractivity contribution in [2.24, 2.45) is 5.92 Å². The lowest BCUT2D eigenvalue weighted by molar-refractivity contribution is -0.150. The lowest BCUT2D eigenvalue weighted by Gasteiger charge is -2.30. The number of amides is 1. The fourth-order valence-electron chi connectivity index (χ4n) is 1.93. The van der Waals surface area contributed by atoms with Gasteiger partial charge < -0.3 is 10.1 Å². The average Bonchev–Trinajstić information content (AvgIpc) is 2.29. The Morgan fingerprint density at radius 2 is 2.25 bits per heavy atom. The van der Waals surface area contributed by atoms with Crippen molar-refractivity contribution in [3.63, 3.8) is 0 Å². The van der Waals surface area contributed by atoms with E-state index < -0.39 is 0 Å². The third-order valence-electron chi connectivity index (χ3n) is 2.77. The molecule has 0 unspecified atom stereocenters. The van der Waals surface area contributed by atoms with Crippen LogP contribution in [0, 0.1) is 5.92 Å². The largest absolute Gasteiger partial charge is 0.466 e. The summed E-state index contributed by atoms with van der Waals surface area (Å²) >= 11 is 0. The Labute approximate surface area is 96.1 Å². The molecule has 0 radical (unpaired) electrons. The fourth-order valence-corrected chi connectivity index (χ4v) is 1.93. The van der Waals surface area contributed by atoms with Crippen LogP contribution in [-0.2, 0) is 14.3 Å². The summed E-state index contributed by atoms with van der Waals surface area (Å²) in [6, 6.07) is 0. The number of likely N-dealkylation sites (tertiary alicyclic amines) is 1. The summed E-state index contributed by atoms with van der Waals surface area (Å²) in [7, 11) is 1.62. The van der Waals surface area contributed by atoms with Crippen molar-refractivity contribution in [2.45, 2.75) is 19.8 Å². The molecule has 1 saturated heterocycles. The van der Waals surface area contributed by atoms with Crippen molar-refractivity contribution < 1.29 is 14.3 Å². The maximum absolute atomic E-state index is 11.5. The van der Waals surface area contributed by atoms with Crippen LogP contribution >= 0.6 is 0 Å². The first kappa shape index (κ1) is 13.0. The van der Waals surface area contributed by atoms with Crippen LogP contribution in [0.4, 0.5) is 0 Å². The molecule has 0 bridgehead atoms. The van der Waals surface area contributed by atoms with Gasteiger partial charge in [0.25, 0.3) is 0 Å². The Balaban J connectivity index is 2.40. The summed E-state index contributed by atoms with van der Waals surface area (Å²) in [6.07, 6.45) is 1.81. The Kier molecular flexibility index (Phi) is 5.25. The van der Waals surface area contributed by atoms with Crippen molar-refractivity contribution in [1.82, 2.24) is 10.2 Å². The predicted octanol–water partition coefficient (Wildman–Crippen LogP) is 0.00750. The summed E-state index contributed by atoms with van der Waals surface area (Å²) in [5, 5.41) is 2.58. The molecule has 1 fully saturated rings. The first-order chi connectivity index (χ1) is 7.67. The highest BCUT2D eigenvalue weighted by molar-refractivity contribution is 5.78. The Hall–Kier alpha value is -1.10. The molecule has 1 amide bonds. The van der Waals surface area contributed by atoms with Crippen molar-refractivity contribution in [3.8, 4) is 0 Å². The molecule has 0 saturated carbocycles. The zero-order valence-corrected chi connectivity index (χ0v) is 9.99. The van der Waals surface area contributed by atoms with E-state index in [2.05, 4.69) is 5.32 Å². The summed E-state index contributed by atoms with van der Waals surface area (Å²) in [5.74, 6) is -0.216. The molecule has 0 aromatic rings. The van der Waals surface area contributed by atoms with E-state index in [9.17, 15) is 9.59 Å². The van der Waals surface area contributed by atoms with Crippen LogP contribution in [0.15, 0.2) is 0 Å². The second kappa shape index (κ2) is 6.48. The molecule has 1 heterocycles. The minimum absolute atomic E-state index is 0.00971. The van der Waals surface area contributed by atoms with E-state index in [1.165, 1.54) is 0 Å². The molecule has 5 nitrogen and oxygen atoms in total. The van der Waals surface area contributed by atoms with Gasteiger partial charge in [0, 0.05) is 13.6 Å². The van der Waals surface area contributed by atoms with Crippen LogP contribution in [0.5, 0.6) is 0 Å². The average molecular weight is 228 g/mol. The topological polar surface area (TPSA) is 58.6 Å². The standard InChI is InChI=1S/C11H20N2O3/c1-3-16-11(15)9-5-4-6-13(7-9)8-10(14)12-2/h9H,3-8H2,1-2H3,(H,12,14)/t9-/m1/s1. The number of likely N-dealkylation sites (N-methyl/N-ethyl adjacent to an activating group) is 1. The number of carbonyl (C=O) groups is 2. The van der Waals surface area contributed by atoms with Crippen LogP contribution in [0.25, 0.3) is 0 Å². The van der Waals surface area contributed by atoms with E-state index in [1.807, 2.05) is 11.8 Å². The first-order valence-electron chi connectivity index (χ1n) is 5.77. The third-order valence-corrected chi connectivity index (χ3v) is 2.77. The second-order valence-corrected chi connectivity index (χ2v) is 4.00. The number of nitrogens with one attached hydrogen (secondary N) is 1. The van der Waals surface area contributed by atoms with Gasteiger partial charge >= 0.3 is 5.97 Å². The van der Waals surface area contributed by atoms with Gasteiger partial charge in [-0.3, -0.25) is 14.5 Å². The molecule has 5 heteroatoms. The lowest BCUT2D eigenvalue weighted by Crippen LogP contribution is -2.44. The molecule has 0 aromatic carbocycles.